The van der Waals surface area contributed by atoms with Crippen LogP contribution in [-0.2, 0) is 0 Å². The fourth-order valence-corrected chi connectivity index (χ4v) is 2.39. The highest BCUT2D eigenvalue weighted by molar-refractivity contribution is 5.94. The van der Waals surface area contributed by atoms with Crippen LogP contribution in [0.5, 0.6) is 5.88 Å². The van der Waals surface area contributed by atoms with E-state index >= 15 is 0 Å². The quantitative estimate of drug-likeness (QED) is 0.832. The number of carboxylic acid groups (broad SMARTS) is 1. The molecule has 0 saturated carbocycles. The minimum absolute atomic E-state index is 0.0305. The number of aromatic nitrogens is 1. The molecule has 0 aliphatic carbocycles. The van der Waals surface area contributed by atoms with Crippen LogP contribution in [0.1, 0.15) is 29.6 Å². The smallest absolute Gasteiger partial charge is 0.338 e. The van der Waals surface area contributed by atoms with Crippen molar-refractivity contribution < 1.29 is 14.6 Å². The number of nitrogens with two attached hydrogens (primary N) is 1. The summed E-state index contributed by atoms with van der Waals surface area (Å²) in [6.45, 7) is 1.62. The second-order valence-electron chi connectivity index (χ2n) is 4.80. The van der Waals surface area contributed by atoms with Crippen LogP contribution in [0.25, 0.3) is 0 Å². The monoisotopic (exact) mass is 265 g/mol. The SMILES string of the molecule is CN1CCCC1CCOc1nccc(C(=O)O)c1N. The average Bonchev–Trinajstić information content (AvgIpc) is 2.77. The van der Waals surface area contributed by atoms with Crippen LogP contribution < -0.4 is 10.5 Å². The summed E-state index contributed by atoms with van der Waals surface area (Å²) in [7, 11) is 2.11. The predicted molar refractivity (Wildman–Crippen MR) is 71.4 cm³/mol. The minimum Gasteiger partial charge on any atom is -0.478 e. The largest absolute Gasteiger partial charge is 0.478 e. The van der Waals surface area contributed by atoms with Crippen molar-refractivity contribution in [2.45, 2.75) is 25.3 Å². The second kappa shape index (κ2) is 5.88. The van der Waals surface area contributed by atoms with Crippen molar-refractivity contribution in [2.24, 2.45) is 0 Å². The molecule has 19 heavy (non-hydrogen) atoms. The van der Waals surface area contributed by atoms with Crippen molar-refractivity contribution in [1.29, 1.82) is 0 Å². The molecule has 1 aliphatic heterocycles. The number of carbonyl (C=O) groups is 1. The number of ether oxygens (including phenoxy) is 1. The number of pyridine rings is 1. The van der Waals surface area contributed by atoms with Crippen molar-refractivity contribution in [3.05, 3.63) is 17.8 Å². The third-order valence-electron chi connectivity index (χ3n) is 3.55. The molecular weight excluding hydrogens is 246 g/mol. The van der Waals surface area contributed by atoms with Crippen LogP contribution in [-0.4, -0.2) is 47.2 Å². The average molecular weight is 265 g/mol. The molecule has 0 aromatic carbocycles. The van der Waals surface area contributed by atoms with E-state index in [0.717, 1.165) is 13.0 Å². The van der Waals surface area contributed by atoms with E-state index in [1.54, 1.807) is 0 Å². The van der Waals surface area contributed by atoms with Gasteiger partial charge < -0.3 is 20.5 Å². The maximum atomic E-state index is 10.9. The topological polar surface area (TPSA) is 88.7 Å². The molecule has 1 aromatic rings. The van der Waals surface area contributed by atoms with E-state index in [1.807, 2.05) is 0 Å². The van der Waals surface area contributed by atoms with E-state index in [-0.39, 0.29) is 17.1 Å². The number of carboxylic acids is 1. The van der Waals surface area contributed by atoms with Crippen molar-refractivity contribution in [2.75, 3.05) is 25.9 Å². The van der Waals surface area contributed by atoms with Crippen LogP contribution in [0.4, 0.5) is 5.69 Å². The van der Waals surface area contributed by atoms with Gasteiger partial charge in [0.25, 0.3) is 0 Å². The molecule has 3 N–H and O–H groups in total. The van der Waals surface area contributed by atoms with Crippen LogP contribution in [0, 0.1) is 0 Å². The number of hydrogen-bond donors (Lipinski definition) is 2. The molecule has 1 aliphatic rings. The second-order valence-corrected chi connectivity index (χ2v) is 4.80. The summed E-state index contributed by atoms with van der Waals surface area (Å²) in [6, 6.07) is 1.90. The summed E-state index contributed by atoms with van der Waals surface area (Å²) in [5.41, 5.74) is 5.85. The molecule has 1 fully saturated rings. The highest BCUT2D eigenvalue weighted by Crippen LogP contribution is 2.23. The molecule has 1 saturated heterocycles. The first-order chi connectivity index (χ1) is 9.09. The van der Waals surface area contributed by atoms with Crippen molar-refractivity contribution in [3.63, 3.8) is 0 Å². The first-order valence-electron chi connectivity index (χ1n) is 6.40. The molecule has 0 amide bonds. The Morgan fingerprint density at radius 1 is 1.68 bits per heavy atom. The number of nitrogen functional groups attached to an aromatic ring is 1. The van der Waals surface area contributed by atoms with Crippen molar-refractivity contribution in [3.8, 4) is 5.88 Å². The molecule has 2 heterocycles. The van der Waals surface area contributed by atoms with Gasteiger partial charge in [-0.3, -0.25) is 0 Å². The molecule has 2 rings (SSSR count). The van der Waals surface area contributed by atoms with Crippen LogP contribution >= 0.6 is 0 Å². The maximum absolute atomic E-state index is 10.9. The van der Waals surface area contributed by atoms with Gasteiger partial charge in [0, 0.05) is 12.2 Å². The lowest BCUT2D eigenvalue weighted by molar-refractivity contribution is 0.0697. The maximum Gasteiger partial charge on any atom is 0.338 e. The number of hydrogen-bond acceptors (Lipinski definition) is 5. The van der Waals surface area contributed by atoms with Crippen LogP contribution in [0.3, 0.4) is 0 Å². The van der Waals surface area contributed by atoms with Gasteiger partial charge in [0.1, 0.15) is 5.69 Å². The summed E-state index contributed by atoms with van der Waals surface area (Å²) in [4.78, 5) is 17.2. The molecule has 6 heteroatoms. The summed E-state index contributed by atoms with van der Waals surface area (Å²) >= 11 is 0. The van der Waals surface area contributed by atoms with Crippen LogP contribution in [0.15, 0.2) is 12.3 Å². The standard InChI is InChI=1S/C13H19N3O3/c1-16-7-2-3-9(16)5-8-19-12-11(14)10(13(17)18)4-6-15-12/h4,6,9H,2-3,5,7-8,14H2,1H3,(H,17,18). The molecular formula is C13H19N3O3. The van der Waals surface area contributed by atoms with Gasteiger partial charge in [-0.05, 0) is 38.9 Å². The number of likely N-dealkylation sites (tertiary alicyclic amines) is 1. The zero-order valence-corrected chi connectivity index (χ0v) is 11.0. The first kappa shape index (κ1) is 13.6. The van der Waals surface area contributed by atoms with Crippen molar-refractivity contribution >= 4 is 11.7 Å². The molecule has 1 aromatic heterocycles. The summed E-state index contributed by atoms with van der Waals surface area (Å²) in [5, 5.41) is 8.95. The summed E-state index contributed by atoms with van der Waals surface area (Å²) < 4.78 is 5.51. The minimum atomic E-state index is -1.07. The zero-order valence-electron chi connectivity index (χ0n) is 11.0. The predicted octanol–water partition coefficient (Wildman–Crippen LogP) is 1.23. The number of aromatic carboxylic acids is 1. The molecule has 0 radical (unpaired) electrons. The Bertz CT molecular complexity index is 464. The zero-order chi connectivity index (χ0) is 13.8. The van der Waals surface area contributed by atoms with Gasteiger partial charge >= 0.3 is 5.97 Å². The van der Waals surface area contributed by atoms with E-state index in [9.17, 15) is 4.79 Å². The Kier molecular flexibility index (Phi) is 4.21. The fraction of sp³-hybridized carbons (Fsp3) is 0.538. The van der Waals surface area contributed by atoms with E-state index in [4.69, 9.17) is 15.6 Å². The Morgan fingerprint density at radius 2 is 2.47 bits per heavy atom. The van der Waals surface area contributed by atoms with E-state index < -0.39 is 5.97 Å². The lowest BCUT2D eigenvalue weighted by Gasteiger charge is -2.19. The van der Waals surface area contributed by atoms with Gasteiger partial charge in [-0.25, -0.2) is 9.78 Å². The van der Waals surface area contributed by atoms with Crippen LogP contribution in [0.2, 0.25) is 0 Å². The number of anilines is 1. The van der Waals surface area contributed by atoms with Gasteiger partial charge in [-0.2, -0.15) is 0 Å². The Labute approximate surface area is 112 Å². The van der Waals surface area contributed by atoms with E-state index in [1.165, 1.54) is 25.1 Å². The lowest BCUT2D eigenvalue weighted by Crippen LogP contribution is -2.26. The molecule has 0 bridgehead atoms. The van der Waals surface area contributed by atoms with E-state index in [0.29, 0.717) is 12.6 Å². The van der Waals surface area contributed by atoms with Gasteiger partial charge in [-0.15, -0.1) is 0 Å². The molecule has 1 atom stereocenters. The van der Waals surface area contributed by atoms with Gasteiger partial charge in [-0.1, -0.05) is 0 Å². The van der Waals surface area contributed by atoms with Crippen molar-refractivity contribution in [1.82, 2.24) is 9.88 Å². The lowest BCUT2D eigenvalue weighted by atomic mass is 10.1. The number of rotatable bonds is 5. The Hall–Kier alpha value is -1.82. The van der Waals surface area contributed by atoms with E-state index in [2.05, 4.69) is 16.9 Å². The highest BCUT2D eigenvalue weighted by atomic mass is 16.5. The molecule has 0 spiro atoms. The summed E-state index contributed by atoms with van der Waals surface area (Å²) in [6.07, 6.45) is 4.69. The highest BCUT2D eigenvalue weighted by Gasteiger charge is 2.21. The third-order valence-corrected chi connectivity index (χ3v) is 3.55. The normalized spacial score (nSPS) is 19.5. The van der Waals surface area contributed by atoms with Gasteiger partial charge in [0.15, 0.2) is 0 Å². The summed E-state index contributed by atoms with van der Waals surface area (Å²) in [5.74, 6) is -0.860. The Morgan fingerprint density at radius 3 is 3.11 bits per heavy atom. The molecule has 104 valence electrons. The first-order valence-corrected chi connectivity index (χ1v) is 6.40. The van der Waals surface area contributed by atoms with Gasteiger partial charge in [0.05, 0.1) is 12.2 Å². The molecule has 6 nitrogen and oxygen atoms in total. The van der Waals surface area contributed by atoms with Gasteiger partial charge in [0.2, 0.25) is 5.88 Å². The number of nitrogens with zero attached hydrogens (tertiary/aromatic N) is 2. The fourth-order valence-electron chi connectivity index (χ4n) is 2.39. The Balaban J connectivity index is 1.92. The molecule has 1 unspecified atom stereocenters. The third kappa shape index (κ3) is 3.14.